The SMILES string of the molecule is CCNC(=NCc1ncnn1C)NCC(C)(C)c1ccc2c(c1)OCCO2.I. The van der Waals surface area contributed by atoms with Gasteiger partial charge in [0.1, 0.15) is 31.9 Å². The largest absolute Gasteiger partial charge is 0.486 e. The van der Waals surface area contributed by atoms with E-state index in [0.717, 1.165) is 36.4 Å². The first-order chi connectivity index (χ1) is 13.0. The maximum absolute atomic E-state index is 5.72. The fourth-order valence-electron chi connectivity index (χ4n) is 2.83. The minimum atomic E-state index is -0.114. The maximum atomic E-state index is 5.72. The number of ether oxygens (including phenoxy) is 2. The molecular formula is C19H29IN6O2. The Morgan fingerprint density at radius 1 is 1.21 bits per heavy atom. The van der Waals surface area contributed by atoms with Crippen LogP contribution in [0.5, 0.6) is 11.5 Å². The number of rotatable bonds is 6. The molecule has 1 aliphatic rings. The van der Waals surface area contributed by atoms with Crippen LogP contribution in [0.15, 0.2) is 29.5 Å². The second kappa shape index (κ2) is 9.94. The number of hydrogen-bond donors (Lipinski definition) is 2. The van der Waals surface area contributed by atoms with Gasteiger partial charge in [-0.2, -0.15) is 5.10 Å². The van der Waals surface area contributed by atoms with Crippen LogP contribution in [-0.4, -0.2) is 47.0 Å². The maximum Gasteiger partial charge on any atom is 0.191 e. The van der Waals surface area contributed by atoms with E-state index in [1.807, 2.05) is 20.0 Å². The van der Waals surface area contributed by atoms with Gasteiger partial charge in [-0.15, -0.1) is 24.0 Å². The van der Waals surface area contributed by atoms with Gasteiger partial charge in [0.25, 0.3) is 0 Å². The van der Waals surface area contributed by atoms with Gasteiger partial charge < -0.3 is 20.1 Å². The van der Waals surface area contributed by atoms with Crippen LogP contribution in [-0.2, 0) is 19.0 Å². The number of aliphatic imine (C=N–C) groups is 1. The second-order valence-electron chi connectivity index (χ2n) is 7.09. The molecule has 0 saturated carbocycles. The summed E-state index contributed by atoms with van der Waals surface area (Å²) in [5.41, 5.74) is 1.07. The van der Waals surface area contributed by atoms with Crippen molar-refractivity contribution in [3.63, 3.8) is 0 Å². The molecule has 0 bridgehead atoms. The zero-order valence-corrected chi connectivity index (χ0v) is 19.2. The third kappa shape index (κ3) is 5.49. The Bertz CT molecular complexity index is 805. The topological polar surface area (TPSA) is 85.6 Å². The molecule has 8 nitrogen and oxygen atoms in total. The highest BCUT2D eigenvalue weighted by Gasteiger charge is 2.24. The predicted molar refractivity (Wildman–Crippen MR) is 120 cm³/mol. The molecule has 3 rings (SSSR count). The smallest absolute Gasteiger partial charge is 0.191 e. The van der Waals surface area contributed by atoms with Crippen molar-refractivity contribution in [1.82, 2.24) is 25.4 Å². The average molecular weight is 500 g/mol. The van der Waals surface area contributed by atoms with E-state index < -0.39 is 0 Å². The molecule has 1 aromatic carbocycles. The van der Waals surface area contributed by atoms with E-state index >= 15 is 0 Å². The highest BCUT2D eigenvalue weighted by atomic mass is 127. The number of fused-ring (bicyclic) bond motifs is 1. The zero-order valence-electron chi connectivity index (χ0n) is 16.9. The summed E-state index contributed by atoms with van der Waals surface area (Å²) in [6.45, 7) is 9.60. The van der Waals surface area contributed by atoms with Gasteiger partial charge in [0.2, 0.25) is 0 Å². The van der Waals surface area contributed by atoms with Gasteiger partial charge in [-0.3, -0.25) is 4.68 Å². The number of aromatic nitrogens is 3. The van der Waals surface area contributed by atoms with Crippen molar-refractivity contribution in [3.8, 4) is 11.5 Å². The molecule has 1 aromatic heterocycles. The van der Waals surface area contributed by atoms with E-state index in [1.54, 1.807) is 4.68 Å². The summed E-state index contributed by atoms with van der Waals surface area (Å²) in [5, 5.41) is 10.8. The van der Waals surface area contributed by atoms with Crippen molar-refractivity contribution < 1.29 is 9.47 Å². The quantitative estimate of drug-likeness (QED) is 0.360. The van der Waals surface area contributed by atoms with Gasteiger partial charge in [0, 0.05) is 25.6 Å². The molecule has 0 atom stereocenters. The van der Waals surface area contributed by atoms with E-state index in [1.165, 1.54) is 11.9 Å². The summed E-state index contributed by atoms with van der Waals surface area (Å²) >= 11 is 0. The van der Waals surface area contributed by atoms with E-state index in [0.29, 0.717) is 19.8 Å². The molecule has 0 amide bonds. The van der Waals surface area contributed by atoms with Crippen molar-refractivity contribution in [2.75, 3.05) is 26.3 Å². The fraction of sp³-hybridized carbons (Fsp3) is 0.526. The van der Waals surface area contributed by atoms with Crippen molar-refractivity contribution in [2.24, 2.45) is 12.0 Å². The molecule has 2 heterocycles. The van der Waals surface area contributed by atoms with Crippen molar-refractivity contribution in [2.45, 2.75) is 32.7 Å². The number of guanidine groups is 1. The van der Waals surface area contributed by atoms with Crippen molar-refractivity contribution in [1.29, 1.82) is 0 Å². The predicted octanol–water partition coefficient (Wildman–Crippen LogP) is 2.24. The standard InChI is InChI=1S/C19H28N6O2.HI/c1-5-20-18(21-11-17-23-13-24-25(17)4)22-12-19(2,3)14-6-7-15-16(10-14)27-9-8-26-15;/h6-7,10,13H,5,8-9,11-12H2,1-4H3,(H2,20,21,22);1H. The Morgan fingerprint density at radius 3 is 2.64 bits per heavy atom. The number of halogens is 1. The van der Waals surface area contributed by atoms with Crippen LogP contribution in [0.25, 0.3) is 0 Å². The van der Waals surface area contributed by atoms with Gasteiger partial charge in [-0.1, -0.05) is 19.9 Å². The summed E-state index contributed by atoms with van der Waals surface area (Å²) in [4.78, 5) is 8.82. The van der Waals surface area contributed by atoms with Gasteiger partial charge in [-0.05, 0) is 24.6 Å². The first-order valence-electron chi connectivity index (χ1n) is 9.25. The Balaban J connectivity index is 0.00000280. The minimum Gasteiger partial charge on any atom is -0.486 e. The molecule has 0 spiro atoms. The van der Waals surface area contributed by atoms with E-state index in [-0.39, 0.29) is 29.4 Å². The summed E-state index contributed by atoms with van der Waals surface area (Å²) in [6, 6.07) is 6.15. The van der Waals surface area contributed by atoms with Gasteiger partial charge in [0.05, 0.1) is 0 Å². The van der Waals surface area contributed by atoms with E-state index in [9.17, 15) is 0 Å². The Hall–Kier alpha value is -2.04. The summed E-state index contributed by atoms with van der Waals surface area (Å²) in [5.74, 6) is 3.20. The van der Waals surface area contributed by atoms with Crippen LogP contribution in [0.2, 0.25) is 0 Å². The first kappa shape index (κ1) is 22.3. The fourth-order valence-corrected chi connectivity index (χ4v) is 2.83. The van der Waals surface area contributed by atoms with Crippen molar-refractivity contribution in [3.05, 3.63) is 35.9 Å². The molecule has 154 valence electrons. The monoisotopic (exact) mass is 500 g/mol. The Morgan fingerprint density at radius 2 is 1.96 bits per heavy atom. The molecule has 2 N–H and O–H groups in total. The van der Waals surface area contributed by atoms with Gasteiger partial charge >= 0.3 is 0 Å². The average Bonchev–Trinajstić information content (AvgIpc) is 3.08. The van der Waals surface area contributed by atoms with Crippen LogP contribution in [0, 0.1) is 0 Å². The Kier molecular flexibility index (Phi) is 7.90. The highest BCUT2D eigenvalue weighted by molar-refractivity contribution is 14.0. The molecule has 1 aliphatic heterocycles. The molecule has 0 fully saturated rings. The van der Waals surface area contributed by atoms with Crippen LogP contribution in [0.4, 0.5) is 0 Å². The first-order valence-corrected chi connectivity index (χ1v) is 9.25. The molecule has 9 heteroatoms. The van der Waals surface area contributed by atoms with Crippen LogP contribution in [0.1, 0.15) is 32.2 Å². The molecule has 0 aliphatic carbocycles. The molecule has 28 heavy (non-hydrogen) atoms. The zero-order chi connectivity index (χ0) is 19.3. The number of nitrogens with zero attached hydrogens (tertiary/aromatic N) is 4. The minimum absolute atomic E-state index is 0. The number of benzene rings is 1. The van der Waals surface area contributed by atoms with Crippen LogP contribution >= 0.6 is 24.0 Å². The Labute approximate surface area is 183 Å². The summed E-state index contributed by atoms with van der Waals surface area (Å²) < 4.78 is 13.1. The summed E-state index contributed by atoms with van der Waals surface area (Å²) in [6.07, 6.45) is 1.54. The highest BCUT2D eigenvalue weighted by Crippen LogP contribution is 2.34. The molecule has 0 saturated heterocycles. The lowest BCUT2D eigenvalue weighted by Gasteiger charge is -2.28. The van der Waals surface area contributed by atoms with Crippen LogP contribution in [0.3, 0.4) is 0 Å². The number of aryl methyl sites for hydroxylation is 1. The molecule has 0 unspecified atom stereocenters. The lowest BCUT2D eigenvalue weighted by Crippen LogP contribution is -2.43. The lowest BCUT2D eigenvalue weighted by molar-refractivity contribution is 0.171. The number of hydrogen-bond acceptors (Lipinski definition) is 5. The van der Waals surface area contributed by atoms with E-state index in [4.69, 9.17) is 9.47 Å². The van der Waals surface area contributed by atoms with E-state index in [2.05, 4.69) is 51.7 Å². The second-order valence-corrected chi connectivity index (χ2v) is 7.09. The van der Waals surface area contributed by atoms with Crippen LogP contribution < -0.4 is 20.1 Å². The van der Waals surface area contributed by atoms with Crippen molar-refractivity contribution >= 4 is 29.9 Å². The number of nitrogens with one attached hydrogen (secondary N) is 2. The molecular weight excluding hydrogens is 471 g/mol. The normalized spacial score (nSPS) is 13.6. The summed E-state index contributed by atoms with van der Waals surface area (Å²) in [7, 11) is 1.86. The molecule has 2 aromatic rings. The third-order valence-electron chi connectivity index (χ3n) is 4.55. The molecule has 0 radical (unpaired) electrons. The van der Waals surface area contributed by atoms with Gasteiger partial charge in [-0.25, -0.2) is 9.98 Å². The third-order valence-corrected chi connectivity index (χ3v) is 4.55. The van der Waals surface area contributed by atoms with Gasteiger partial charge in [0.15, 0.2) is 17.5 Å². The lowest BCUT2D eigenvalue weighted by atomic mass is 9.84.